The van der Waals surface area contributed by atoms with Crippen LogP contribution in [0, 0.1) is 13.8 Å². The fourth-order valence-corrected chi connectivity index (χ4v) is 1.61. The molecule has 0 amide bonds. The van der Waals surface area contributed by atoms with Gasteiger partial charge in [0, 0.05) is 24.4 Å². The van der Waals surface area contributed by atoms with Gasteiger partial charge in [-0.1, -0.05) is 0 Å². The maximum absolute atomic E-state index is 12.1. The van der Waals surface area contributed by atoms with E-state index in [1.165, 1.54) is 0 Å². The van der Waals surface area contributed by atoms with Crippen LogP contribution in [0.25, 0.3) is 0 Å². The van der Waals surface area contributed by atoms with Crippen LogP contribution in [-0.2, 0) is 6.42 Å². The monoisotopic (exact) mass is 227 g/mol. The number of ketones is 1. The van der Waals surface area contributed by atoms with Crippen molar-refractivity contribution in [1.29, 1.82) is 0 Å². The molecule has 0 fully saturated rings. The molecule has 0 bridgehead atoms. The minimum Gasteiger partial charge on any atom is -0.294 e. The van der Waals surface area contributed by atoms with E-state index in [1.807, 2.05) is 19.1 Å². The number of nitrogens with zero attached hydrogens (tertiary/aromatic N) is 3. The van der Waals surface area contributed by atoms with E-state index in [0.29, 0.717) is 17.7 Å². The fraction of sp³-hybridized carbons (Fsp3) is 0.231. The molecule has 0 radical (unpaired) electrons. The Hall–Kier alpha value is -2.10. The van der Waals surface area contributed by atoms with Gasteiger partial charge < -0.3 is 0 Å². The summed E-state index contributed by atoms with van der Waals surface area (Å²) in [6.45, 7) is 3.63. The second-order valence-electron chi connectivity index (χ2n) is 3.94. The highest BCUT2D eigenvalue weighted by Crippen LogP contribution is 2.10. The van der Waals surface area contributed by atoms with Crippen LogP contribution in [-0.4, -0.2) is 21.0 Å². The van der Waals surface area contributed by atoms with Gasteiger partial charge in [0.1, 0.15) is 0 Å². The van der Waals surface area contributed by atoms with Gasteiger partial charge in [-0.2, -0.15) is 10.2 Å². The summed E-state index contributed by atoms with van der Waals surface area (Å²) in [5.74, 6) is 0.0618. The number of carbonyl (C=O) groups is 1. The summed E-state index contributed by atoms with van der Waals surface area (Å²) in [6, 6.07) is 5.47. The molecule has 2 aromatic rings. The van der Waals surface area contributed by atoms with E-state index in [4.69, 9.17) is 0 Å². The largest absolute Gasteiger partial charge is 0.294 e. The molecule has 0 aromatic carbocycles. The van der Waals surface area contributed by atoms with Crippen molar-refractivity contribution in [3.8, 4) is 0 Å². The number of rotatable bonds is 3. The molecule has 0 aliphatic heterocycles. The molecular formula is C13H13N3O. The molecule has 0 aliphatic rings. The molecule has 0 unspecified atom stereocenters. The van der Waals surface area contributed by atoms with Gasteiger partial charge in [0.2, 0.25) is 0 Å². The predicted octanol–water partition coefficient (Wildman–Crippen LogP) is 1.91. The summed E-state index contributed by atoms with van der Waals surface area (Å²) < 4.78 is 0. The van der Waals surface area contributed by atoms with Gasteiger partial charge in [0.15, 0.2) is 5.78 Å². The van der Waals surface area contributed by atoms with Crippen molar-refractivity contribution in [2.24, 2.45) is 0 Å². The molecule has 0 spiro atoms. The third-order valence-electron chi connectivity index (χ3n) is 2.52. The van der Waals surface area contributed by atoms with Crippen molar-refractivity contribution >= 4 is 5.78 Å². The van der Waals surface area contributed by atoms with E-state index in [1.54, 1.807) is 25.4 Å². The number of carbonyl (C=O) groups excluding carboxylic acids is 1. The van der Waals surface area contributed by atoms with E-state index < -0.39 is 0 Å². The zero-order valence-corrected chi connectivity index (χ0v) is 9.84. The normalized spacial score (nSPS) is 10.2. The molecule has 86 valence electrons. The topological polar surface area (TPSA) is 55.7 Å². The van der Waals surface area contributed by atoms with Crippen LogP contribution in [0.4, 0.5) is 0 Å². The molecule has 4 heteroatoms. The molecule has 2 rings (SSSR count). The number of pyridine rings is 1. The minimum atomic E-state index is 0.0618. The first kappa shape index (κ1) is 11.4. The van der Waals surface area contributed by atoms with Crippen LogP contribution < -0.4 is 0 Å². The Bertz CT molecular complexity index is 538. The van der Waals surface area contributed by atoms with Crippen molar-refractivity contribution in [1.82, 2.24) is 15.2 Å². The summed E-state index contributed by atoms with van der Waals surface area (Å²) >= 11 is 0. The van der Waals surface area contributed by atoms with E-state index >= 15 is 0 Å². The first-order valence-electron chi connectivity index (χ1n) is 5.40. The van der Waals surface area contributed by atoms with Crippen LogP contribution in [0.2, 0.25) is 0 Å². The average molecular weight is 227 g/mol. The SMILES string of the molecule is Cc1cc(C(=O)Cc2ccncc2)c(C)nn1. The Morgan fingerprint density at radius 1 is 1.18 bits per heavy atom. The van der Waals surface area contributed by atoms with Gasteiger partial charge in [-0.25, -0.2) is 0 Å². The van der Waals surface area contributed by atoms with Gasteiger partial charge in [0.25, 0.3) is 0 Å². The van der Waals surface area contributed by atoms with Crippen LogP contribution in [0.1, 0.15) is 27.3 Å². The van der Waals surface area contributed by atoms with Crippen LogP contribution in [0.3, 0.4) is 0 Å². The van der Waals surface area contributed by atoms with E-state index in [2.05, 4.69) is 15.2 Å². The number of Topliss-reactive ketones (excluding diaryl/α,β-unsaturated/α-hetero) is 1. The molecule has 4 nitrogen and oxygen atoms in total. The van der Waals surface area contributed by atoms with Gasteiger partial charge in [0.05, 0.1) is 11.4 Å². The molecule has 0 saturated carbocycles. The standard InChI is InChI=1S/C13H13N3O/c1-9-7-12(10(2)16-15-9)13(17)8-11-3-5-14-6-4-11/h3-7H,8H2,1-2H3. The summed E-state index contributed by atoms with van der Waals surface area (Å²) in [5, 5.41) is 7.87. The van der Waals surface area contributed by atoms with E-state index in [0.717, 1.165) is 11.3 Å². The number of aryl methyl sites for hydroxylation is 2. The molecule has 0 aliphatic carbocycles. The fourth-order valence-electron chi connectivity index (χ4n) is 1.61. The number of hydrogen-bond donors (Lipinski definition) is 0. The average Bonchev–Trinajstić information content (AvgIpc) is 2.33. The Balaban J connectivity index is 2.23. The third kappa shape index (κ3) is 2.72. The lowest BCUT2D eigenvalue weighted by Gasteiger charge is -2.04. The van der Waals surface area contributed by atoms with Crippen LogP contribution in [0.15, 0.2) is 30.6 Å². The molecular weight excluding hydrogens is 214 g/mol. The van der Waals surface area contributed by atoms with Crippen molar-refractivity contribution in [2.45, 2.75) is 20.3 Å². The lowest BCUT2D eigenvalue weighted by molar-refractivity contribution is 0.0991. The second-order valence-corrected chi connectivity index (χ2v) is 3.94. The van der Waals surface area contributed by atoms with Crippen molar-refractivity contribution in [3.05, 3.63) is 53.1 Å². The van der Waals surface area contributed by atoms with Crippen molar-refractivity contribution < 1.29 is 4.79 Å². The van der Waals surface area contributed by atoms with Crippen LogP contribution in [0.5, 0.6) is 0 Å². The Kier molecular flexibility index (Phi) is 3.23. The summed E-state index contributed by atoms with van der Waals surface area (Å²) in [4.78, 5) is 16.0. The second kappa shape index (κ2) is 4.82. The maximum atomic E-state index is 12.1. The quantitative estimate of drug-likeness (QED) is 0.752. The van der Waals surface area contributed by atoms with Gasteiger partial charge in [-0.05, 0) is 37.6 Å². The molecule has 2 aromatic heterocycles. The summed E-state index contributed by atoms with van der Waals surface area (Å²) in [7, 11) is 0. The van der Waals surface area contributed by atoms with E-state index in [9.17, 15) is 4.79 Å². The molecule has 17 heavy (non-hydrogen) atoms. The highest BCUT2D eigenvalue weighted by atomic mass is 16.1. The zero-order valence-electron chi connectivity index (χ0n) is 9.84. The van der Waals surface area contributed by atoms with Crippen molar-refractivity contribution in [2.75, 3.05) is 0 Å². The number of aromatic nitrogens is 3. The zero-order chi connectivity index (χ0) is 12.3. The summed E-state index contributed by atoms with van der Waals surface area (Å²) in [5.41, 5.74) is 3.04. The van der Waals surface area contributed by atoms with Crippen LogP contribution >= 0.6 is 0 Å². The highest BCUT2D eigenvalue weighted by molar-refractivity contribution is 5.98. The molecule has 0 saturated heterocycles. The van der Waals surface area contributed by atoms with Crippen molar-refractivity contribution in [3.63, 3.8) is 0 Å². The molecule has 0 atom stereocenters. The van der Waals surface area contributed by atoms with Gasteiger partial charge in [-0.15, -0.1) is 0 Å². The Labute approximate surface area is 99.7 Å². The first-order valence-corrected chi connectivity index (χ1v) is 5.40. The highest BCUT2D eigenvalue weighted by Gasteiger charge is 2.11. The Morgan fingerprint density at radius 3 is 2.59 bits per heavy atom. The first-order chi connectivity index (χ1) is 8.16. The lowest BCUT2D eigenvalue weighted by atomic mass is 10.0. The number of hydrogen-bond acceptors (Lipinski definition) is 4. The summed E-state index contributed by atoms with van der Waals surface area (Å²) in [6.07, 6.45) is 3.74. The smallest absolute Gasteiger partial charge is 0.169 e. The molecule has 0 N–H and O–H groups in total. The maximum Gasteiger partial charge on any atom is 0.169 e. The van der Waals surface area contributed by atoms with Gasteiger partial charge in [-0.3, -0.25) is 9.78 Å². The Morgan fingerprint density at radius 2 is 1.88 bits per heavy atom. The van der Waals surface area contributed by atoms with E-state index in [-0.39, 0.29) is 5.78 Å². The minimum absolute atomic E-state index is 0.0618. The third-order valence-corrected chi connectivity index (χ3v) is 2.52. The molecule has 2 heterocycles. The lowest BCUT2D eigenvalue weighted by Crippen LogP contribution is -2.08. The van der Waals surface area contributed by atoms with Gasteiger partial charge >= 0.3 is 0 Å². The predicted molar refractivity (Wildman–Crippen MR) is 63.8 cm³/mol.